The Morgan fingerprint density at radius 2 is 1.86 bits per heavy atom. The molecule has 0 unspecified atom stereocenters. The van der Waals surface area contributed by atoms with Gasteiger partial charge in [-0.3, -0.25) is 37.8 Å². The lowest BCUT2D eigenvalue weighted by molar-refractivity contribution is -0.149. The summed E-state index contributed by atoms with van der Waals surface area (Å²) in [5, 5.41) is 2.46. The molecular formula is C25H41N4O11PS. The first-order valence-corrected chi connectivity index (χ1v) is 15.9. The number of carbonyl (C=O) groups excluding carboxylic acids is 3. The summed E-state index contributed by atoms with van der Waals surface area (Å²) < 4.78 is 42.4. The fourth-order valence-corrected chi connectivity index (χ4v) is 6.11. The molecule has 0 aromatic carbocycles. The number of nitrogens with zero attached hydrogens (tertiary/aromatic N) is 1. The normalized spacial score (nSPS) is 22.9. The summed E-state index contributed by atoms with van der Waals surface area (Å²) >= 11 is 1.00. The number of nitrogens with one attached hydrogen (secondary N) is 2. The van der Waals surface area contributed by atoms with Gasteiger partial charge in [-0.2, -0.15) is 0 Å². The Hall–Kier alpha value is -2.33. The van der Waals surface area contributed by atoms with Gasteiger partial charge in [0.15, 0.2) is 11.3 Å². The van der Waals surface area contributed by atoms with Crippen molar-refractivity contribution in [1.82, 2.24) is 14.6 Å². The summed E-state index contributed by atoms with van der Waals surface area (Å²) in [6.07, 6.45) is -1.26. The number of hydrogen-bond acceptors (Lipinski definition) is 13. The molecule has 0 aliphatic carbocycles. The lowest BCUT2D eigenvalue weighted by Crippen LogP contribution is -2.42. The van der Waals surface area contributed by atoms with Gasteiger partial charge in [0.2, 0.25) is 0 Å². The quantitative estimate of drug-likeness (QED) is 0.150. The molecule has 0 spiro atoms. The van der Waals surface area contributed by atoms with E-state index in [1.54, 1.807) is 34.6 Å². The van der Waals surface area contributed by atoms with Gasteiger partial charge in [0.1, 0.15) is 6.04 Å². The predicted molar refractivity (Wildman–Crippen MR) is 154 cm³/mol. The van der Waals surface area contributed by atoms with Crippen molar-refractivity contribution in [3.63, 3.8) is 0 Å². The molecule has 2 rings (SSSR count). The molecule has 17 heteroatoms. The van der Waals surface area contributed by atoms with Crippen molar-refractivity contribution in [3.05, 3.63) is 33.1 Å². The Labute approximate surface area is 248 Å². The van der Waals surface area contributed by atoms with Crippen LogP contribution in [0.2, 0.25) is 0 Å². The van der Waals surface area contributed by atoms with Crippen molar-refractivity contribution >= 4 is 36.6 Å². The maximum Gasteiger partial charge on any atom is 0.406 e. The largest absolute Gasteiger partial charge is 0.465 e. The van der Waals surface area contributed by atoms with Crippen molar-refractivity contribution in [2.24, 2.45) is 17.1 Å². The molecule has 238 valence electrons. The third kappa shape index (κ3) is 10.7. The van der Waals surface area contributed by atoms with Crippen LogP contribution >= 0.6 is 19.5 Å². The number of thioether (sulfide) groups is 1. The molecule has 1 saturated heterocycles. The van der Waals surface area contributed by atoms with Crippen LogP contribution in [0.5, 0.6) is 0 Å². The second-order valence-corrected chi connectivity index (χ2v) is 13.8. The Balaban J connectivity index is 2.24. The molecule has 2 heterocycles. The minimum Gasteiger partial charge on any atom is -0.465 e. The first-order chi connectivity index (χ1) is 19.4. The number of nitrogens with two attached hydrogens (primary N) is 1. The van der Waals surface area contributed by atoms with Gasteiger partial charge in [-0.05, 0) is 20.8 Å². The molecule has 6 atom stereocenters. The monoisotopic (exact) mass is 636 g/mol. The molecule has 0 amide bonds. The molecule has 1 aromatic rings. The molecule has 1 fully saturated rings. The number of ether oxygens (including phenoxy) is 3. The smallest absolute Gasteiger partial charge is 0.406 e. The molecule has 1 aromatic heterocycles. The van der Waals surface area contributed by atoms with E-state index >= 15 is 0 Å². The summed E-state index contributed by atoms with van der Waals surface area (Å²) in [5.74, 6) is -1.84. The van der Waals surface area contributed by atoms with Crippen LogP contribution in [0.1, 0.15) is 54.7 Å². The van der Waals surface area contributed by atoms with Gasteiger partial charge >= 0.3 is 25.4 Å². The van der Waals surface area contributed by atoms with Crippen LogP contribution in [0.25, 0.3) is 0 Å². The first-order valence-electron chi connectivity index (χ1n) is 13.3. The van der Waals surface area contributed by atoms with Crippen LogP contribution in [0, 0.1) is 11.3 Å². The van der Waals surface area contributed by atoms with E-state index in [4.69, 9.17) is 29.0 Å². The van der Waals surface area contributed by atoms with Crippen molar-refractivity contribution in [3.8, 4) is 0 Å². The number of H-pyrrole nitrogens is 1. The topological polar surface area (TPSA) is 207 Å². The molecule has 15 nitrogen and oxygen atoms in total. The number of aromatic amines is 1. The summed E-state index contributed by atoms with van der Waals surface area (Å²) in [6.45, 7) is 10.5. The highest BCUT2D eigenvalue weighted by atomic mass is 32.2. The Morgan fingerprint density at radius 3 is 2.43 bits per heavy atom. The second kappa shape index (κ2) is 15.4. The van der Waals surface area contributed by atoms with Gasteiger partial charge in [-0.1, -0.05) is 32.5 Å². The molecule has 1 aliphatic rings. The van der Waals surface area contributed by atoms with E-state index in [-0.39, 0.29) is 24.1 Å². The second-order valence-electron chi connectivity index (χ2n) is 11.0. The molecule has 1 aliphatic heterocycles. The number of aromatic nitrogens is 2. The van der Waals surface area contributed by atoms with Crippen molar-refractivity contribution in [2.75, 3.05) is 25.6 Å². The van der Waals surface area contributed by atoms with Gasteiger partial charge in [-0.15, -0.1) is 0 Å². The fourth-order valence-electron chi connectivity index (χ4n) is 3.72. The lowest BCUT2D eigenvalue weighted by atomic mass is 9.97. The molecular weight excluding hydrogens is 595 g/mol. The average Bonchev–Trinajstić information content (AvgIpc) is 3.17. The summed E-state index contributed by atoms with van der Waals surface area (Å²) in [4.78, 5) is 62.2. The van der Waals surface area contributed by atoms with Crippen LogP contribution in [0.4, 0.5) is 0 Å². The van der Waals surface area contributed by atoms with Crippen LogP contribution in [-0.4, -0.2) is 76.5 Å². The zero-order chi connectivity index (χ0) is 31.8. The molecule has 0 saturated carbocycles. The van der Waals surface area contributed by atoms with E-state index in [2.05, 4.69) is 10.1 Å². The van der Waals surface area contributed by atoms with Gasteiger partial charge < -0.3 is 19.9 Å². The van der Waals surface area contributed by atoms with E-state index in [1.807, 2.05) is 0 Å². The highest BCUT2D eigenvalue weighted by Crippen LogP contribution is 2.46. The summed E-state index contributed by atoms with van der Waals surface area (Å²) in [7, 11) is -4.24. The first kappa shape index (κ1) is 35.9. The minimum atomic E-state index is -4.24. The standard InChI is InChI=1S/C25H41N4O11PS/c1-14(2)39-22(32)15(3)28-41(35,37-10-11-42-23(33)25(5,6)7)38-13-18-17(12-36-16(4)30)20(26)21(40-18)29-9-8-19(31)27-24(29)34/h8-9,14-15,17-18,20-21H,10-13,26H2,1-7H3,(H,28,35)(H,27,31,34)/t15-,17+,18+,20+,21+,41+/m0/s1. The highest BCUT2D eigenvalue weighted by Gasteiger charge is 2.46. The van der Waals surface area contributed by atoms with Crippen molar-refractivity contribution in [1.29, 1.82) is 0 Å². The third-order valence-electron chi connectivity index (χ3n) is 5.88. The SMILES string of the molecule is CC(=O)OC[C@H]1[C@@H](N)[C@H](n2ccc(=O)[nH]c2=O)O[C@@H]1CO[P@@](=O)(N[C@@H](C)C(=O)OC(C)C)OCCSC(=O)C(C)(C)C. The zero-order valence-corrected chi connectivity index (χ0v) is 26.5. The molecule has 4 N–H and O–H groups in total. The van der Waals surface area contributed by atoms with Crippen LogP contribution in [0.3, 0.4) is 0 Å². The van der Waals surface area contributed by atoms with Crippen LogP contribution in [0.15, 0.2) is 21.9 Å². The predicted octanol–water partition coefficient (Wildman–Crippen LogP) is 1.32. The molecule has 0 radical (unpaired) electrons. The Bertz CT molecular complexity index is 1260. The lowest BCUT2D eigenvalue weighted by Gasteiger charge is -2.26. The van der Waals surface area contributed by atoms with Gasteiger partial charge in [0.05, 0.1) is 38.1 Å². The number of hydrogen-bond donors (Lipinski definition) is 3. The number of rotatable bonds is 14. The summed E-state index contributed by atoms with van der Waals surface area (Å²) in [6, 6.07) is -0.887. The van der Waals surface area contributed by atoms with Gasteiger partial charge in [0, 0.05) is 36.3 Å². The van der Waals surface area contributed by atoms with E-state index in [0.29, 0.717) is 0 Å². The Morgan fingerprint density at radius 1 is 1.19 bits per heavy atom. The average molecular weight is 637 g/mol. The third-order valence-corrected chi connectivity index (χ3v) is 8.84. The van der Waals surface area contributed by atoms with Crippen molar-refractivity contribution in [2.45, 2.75) is 79.0 Å². The van der Waals surface area contributed by atoms with Crippen molar-refractivity contribution < 1.29 is 42.2 Å². The Kier molecular flexibility index (Phi) is 13.2. The van der Waals surface area contributed by atoms with E-state index in [0.717, 1.165) is 22.4 Å². The summed E-state index contributed by atoms with van der Waals surface area (Å²) in [5.41, 5.74) is 4.40. The molecule has 42 heavy (non-hydrogen) atoms. The van der Waals surface area contributed by atoms with Gasteiger partial charge in [-0.25, -0.2) is 14.4 Å². The fraction of sp³-hybridized carbons (Fsp3) is 0.720. The van der Waals surface area contributed by atoms with Crippen LogP contribution < -0.4 is 22.1 Å². The van der Waals surface area contributed by atoms with Gasteiger partial charge in [0.25, 0.3) is 5.56 Å². The maximum atomic E-state index is 13.8. The van der Waals surface area contributed by atoms with Crippen LogP contribution in [-0.2, 0) is 42.2 Å². The molecule has 0 bridgehead atoms. The number of carbonyl (C=O) groups is 3. The minimum absolute atomic E-state index is 0.0890. The zero-order valence-electron chi connectivity index (χ0n) is 24.8. The maximum absolute atomic E-state index is 13.8. The van der Waals surface area contributed by atoms with E-state index in [1.165, 1.54) is 20.0 Å². The number of esters is 2. The highest BCUT2D eigenvalue weighted by molar-refractivity contribution is 8.13. The van der Waals surface area contributed by atoms with E-state index < -0.39 is 79.4 Å². The van der Waals surface area contributed by atoms with E-state index in [9.17, 15) is 28.5 Å².